The van der Waals surface area contributed by atoms with E-state index in [0.29, 0.717) is 35.6 Å². The molecule has 0 saturated carbocycles. The smallest absolute Gasteiger partial charge is 0.433 e. The number of halogens is 3. The molecule has 0 spiro atoms. The summed E-state index contributed by atoms with van der Waals surface area (Å²) < 4.78 is 48.9. The van der Waals surface area contributed by atoms with Crippen LogP contribution in [0.25, 0.3) is 0 Å². The highest BCUT2D eigenvalue weighted by molar-refractivity contribution is 5.95. The van der Waals surface area contributed by atoms with Crippen molar-refractivity contribution in [3.8, 4) is 11.5 Å². The van der Waals surface area contributed by atoms with Crippen molar-refractivity contribution < 1.29 is 32.2 Å². The van der Waals surface area contributed by atoms with Crippen molar-refractivity contribution >= 4 is 17.5 Å². The number of primary amides is 1. The van der Waals surface area contributed by atoms with Crippen LogP contribution in [0.15, 0.2) is 97.2 Å². The van der Waals surface area contributed by atoms with Crippen LogP contribution in [-0.2, 0) is 35.0 Å². The molecule has 10 heteroatoms. The predicted molar refractivity (Wildman–Crippen MR) is 154 cm³/mol. The van der Waals surface area contributed by atoms with Gasteiger partial charge in [0.05, 0.1) is 27.1 Å². The third-order valence-corrected chi connectivity index (χ3v) is 6.14. The minimum Gasteiger partial charge on any atom is -0.493 e. The maximum atomic E-state index is 13.2. The molecule has 0 atom stereocenters. The Kier molecular flexibility index (Phi) is 11.5. The highest BCUT2D eigenvalue weighted by Crippen LogP contribution is 2.32. The van der Waals surface area contributed by atoms with Crippen molar-refractivity contribution in [2.75, 3.05) is 25.7 Å². The molecule has 0 aliphatic heterocycles. The number of hydrogen-bond donors (Lipinski definition) is 1. The van der Waals surface area contributed by atoms with E-state index in [1.165, 1.54) is 26.5 Å². The van der Waals surface area contributed by atoms with Gasteiger partial charge in [-0.2, -0.15) is 13.2 Å². The largest absolute Gasteiger partial charge is 0.493 e. The number of rotatable bonds is 10. The Morgan fingerprint density at radius 2 is 1.38 bits per heavy atom. The molecule has 4 rings (SSSR count). The number of pyridine rings is 1. The SMILES string of the molecule is COc1ccc(N(CCc2ccc(C(F)(F)F)nc2)C(=O)Cc2ccccc2)cc1OC.NC(=O)Cc1ccccc1. The van der Waals surface area contributed by atoms with Crippen LogP contribution in [0.5, 0.6) is 11.5 Å². The van der Waals surface area contributed by atoms with Crippen molar-refractivity contribution in [2.24, 2.45) is 5.73 Å². The fourth-order valence-electron chi connectivity index (χ4n) is 4.03. The summed E-state index contributed by atoms with van der Waals surface area (Å²) in [5.74, 6) is 0.562. The first-order chi connectivity index (χ1) is 20.1. The number of anilines is 1. The number of carbonyl (C=O) groups is 2. The summed E-state index contributed by atoms with van der Waals surface area (Å²) in [5.41, 5.74) is 7.06. The Bertz CT molecular complexity index is 1430. The van der Waals surface area contributed by atoms with E-state index in [1.54, 1.807) is 23.1 Å². The topological polar surface area (TPSA) is 94.8 Å². The van der Waals surface area contributed by atoms with Crippen LogP contribution in [0.1, 0.15) is 22.4 Å². The second kappa shape index (κ2) is 15.2. The van der Waals surface area contributed by atoms with Gasteiger partial charge in [0.1, 0.15) is 5.69 Å². The van der Waals surface area contributed by atoms with E-state index in [0.717, 1.165) is 17.2 Å². The number of ether oxygens (including phenoxy) is 2. The molecule has 0 unspecified atom stereocenters. The van der Waals surface area contributed by atoms with Crippen LogP contribution in [-0.4, -0.2) is 37.6 Å². The van der Waals surface area contributed by atoms with Crippen LogP contribution in [0, 0.1) is 0 Å². The van der Waals surface area contributed by atoms with E-state index in [9.17, 15) is 22.8 Å². The molecule has 0 saturated heterocycles. The van der Waals surface area contributed by atoms with Gasteiger partial charge >= 0.3 is 6.18 Å². The molecular weight excluding hydrogens is 547 g/mol. The van der Waals surface area contributed by atoms with Gasteiger partial charge in [-0.1, -0.05) is 66.7 Å². The zero-order valence-electron chi connectivity index (χ0n) is 23.3. The Morgan fingerprint density at radius 3 is 1.88 bits per heavy atom. The van der Waals surface area contributed by atoms with Gasteiger partial charge in [0.2, 0.25) is 11.8 Å². The number of amides is 2. The van der Waals surface area contributed by atoms with Crippen molar-refractivity contribution in [1.82, 2.24) is 4.98 Å². The van der Waals surface area contributed by atoms with Crippen LogP contribution in [0.3, 0.4) is 0 Å². The Morgan fingerprint density at radius 1 is 0.786 bits per heavy atom. The molecule has 0 radical (unpaired) electrons. The monoisotopic (exact) mass is 579 g/mol. The maximum absolute atomic E-state index is 13.2. The number of carbonyl (C=O) groups excluding carboxylic acids is 2. The maximum Gasteiger partial charge on any atom is 0.433 e. The number of nitrogens with zero attached hydrogens (tertiary/aromatic N) is 2. The van der Waals surface area contributed by atoms with Crippen LogP contribution < -0.4 is 20.1 Å². The number of nitrogens with two attached hydrogens (primary N) is 1. The number of benzene rings is 3. The van der Waals surface area contributed by atoms with Crippen molar-refractivity contribution in [3.05, 3.63) is 120 Å². The molecule has 1 aromatic heterocycles. The van der Waals surface area contributed by atoms with Crippen molar-refractivity contribution in [1.29, 1.82) is 0 Å². The lowest BCUT2D eigenvalue weighted by atomic mass is 10.1. The van der Waals surface area contributed by atoms with Gasteiger partial charge < -0.3 is 20.1 Å². The first kappa shape index (κ1) is 31.7. The average Bonchev–Trinajstić information content (AvgIpc) is 2.98. The zero-order valence-corrected chi connectivity index (χ0v) is 23.3. The number of hydrogen-bond acceptors (Lipinski definition) is 5. The van der Waals surface area contributed by atoms with Gasteiger partial charge in [0.15, 0.2) is 11.5 Å². The number of aromatic nitrogens is 1. The molecule has 42 heavy (non-hydrogen) atoms. The lowest BCUT2D eigenvalue weighted by molar-refractivity contribution is -0.141. The summed E-state index contributed by atoms with van der Waals surface area (Å²) in [5, 5.41) is 0. The summed E-state index contributed by atoms with van der Waals surface area (Å²) in [7, 11) is 3.03. The third-order valence-electron chi connectivity index (χ3n) is 6.14. The van der Waals surface area contributed by atoms with Crippen LogP contribution >= 0.6 is 0 Å². The van der Waals surface area contributed by atoms with Gasteiger partial charge in [0, 0.05) is 24.5 Å². The molecule has 0 aliphatic carbocycles. The van der Waals surface area contributed by atoms with Crippen LogP contribution in [0.2, 0.25) is 0 Å². The normalized spacial score (nSPS) is 10.7. The van der Waals surface area contributed by atoms with E-state index < -0.39 is 11.9 Å². The molecule has 2 N–H and O–H groups in total. The lowest BCUT2D eigenvalue weighted by Gasteiger charge is -2.24. The second-order valence-corrected chi connectivity index (χ2v) is 9.18. The summed E-state index contributed by atoms with van der Waals surface area (Å²) in [6.45, 7) is 0.258. The van der Waals surface area contributed by atoms with E-state index in [1.807, 2.05) is 60.7 Å². The lowest BCUT2D eigenvalue weighted by Crippen LogP contribution is -2.34. The Labute approximate surface area is 242 Å². The molecule has 1 heterocycles. The fraction of sp³-hybridized carbons (Fsp3) is 0.219. The molecule has 0 bridgehead atoms. The summed E-state index contributed by atoms with van der Waals surface area (Å²) >= 11 is 0. The molecule has 3 aromatic carbocycles. The summed E-state index contributed by atoms with van der Waals surface area (Å²) in [6.07, 6.45) is -2.45. The van der Waals surface area contributed by atoms with E-state index >= 15 is 0 Å². The first-order valence-electron chi connectivity index (χ1n) is 13.0. The Balaban J connectivity index is 0.000000408. The van der Waals surface area contributed by atoms with Gasteiger partial charge in [0.25, 0.3) is 0 Å². The zero-order chi connectivity index (χ0) is 30.5. The van der Waals surface area contributed by atoms with Gasteiger partial charge in [-0.3, -0.25) is 14.6 Å². The predicted octanol–water partition coefficient (Wildman–Crippen LogP) is 5.65. The van der Waals surface area contributed by atoms with Crippen molar-refractivity contribution in [2.45, 2.75) is 25.4 Å². The minimum atomic E-state index is -4.49. The molecule has 2 amide bonds. The van der Waals surface area contributed by atoms with Gasteiger partial charge in [-0.25, -0.2) is 0 Å². The van der Waals surface area contributed by atoms with E-state index in [2.05, 4.69) is 4.98 Å². The molecular formula is C32H32F3N3O4. The standard InChI is InChI=1S/C24H23F3N2O3.C8H9NO/c1-31-20-10-9-19(15-21(20)32-2)29(23(30)14-17-6-4-3-5-7-17)13-12-18-8-11-22(28-16-18)24(25,26)27;9-8(10)6-7-4-2-1-3-5-7/h3-11,15-16H,12-14H2,1-2H3;1-5H,6H2,(H2,9,10). The highest BCUT2D eigenvalue weighted by Gasteiger charge is 2.32. The molecule has 220 valence electrons. The van der Waals surface area contributed by atoms with E-state index in [4.69, 9.17) is 15.2 Å². The Hall–Kier alpha value is -4.86. The fourth-order valence-corrected chi connectivity index (χ4v) is 4.03. The quantitative estimate of drug-likeness (QED) is 0.262. The van der Waals surface area contributed by atoms with Crippen molar-refractivity contribution in [3.63, 3.8) is 0 Å². The third kappa shape index (κ3) is 9.65. The van der Waals surface area contributed by atoms with Gasteiger partial charge in [-0.15, -0.1) is 0 Å². The minimum absolute atomic E-state index is 0.150. The number of methoxy groups -OCH3 is 2. The number of alkyl halides is 3. The summed E-state index contributed by atoms with van der Waals surface area (Å²) in [4.78, 5) is 28.6. The highest BCUT2D eigenvalue weighted by atomic mass is 19.4. The molecule has 0 fully saturated rings. The average molecular weight is 580 g/mol. The van der Waals surface area contributed by atoms with Crippen LogP contribution in [0.4, 0.5) is 18.9 Å². The molecule has 7 nitrogen and oxygen atoms in total. The molecule has 0 aliphatic rings. The first-order valence-corrected chi connectivity index (χ1v) is 13.0. The van der Waals surface area contributed by atoms with Gasteiger partial charge in [-0.05, 0) is 41.3 Å². The molecule has 4 aromatic rings. The second-order valence-electron chi connectivity index (χ2n) is 9.18. The summed E-state index contributed by atoms with van der Waals surface area (Å²) in [6, 6.07) is 26.2. The van der Waals surface area contributed by atoms with E-state index in [-0.39, 0.29) is 24.8 Å².